The minimum Gasteiger partial charge on any atom is -0.312 e. The number of halogens is 1. The lowest BCUT2D eigenvalue weighted by Crippen LogP contribution is -2.09. The maximum Gasteiger partial charge on any atom is 0.177 e. The Bertz CT molecular complexity index is 1320. The number of benzene rings is 2. The van der Waals surface area contributed by atoms with Gasteiger partial charge in [0.1, 0.15) is 5.82 Å². The van der Waals surface area contributed by atoms with Crippen molar-refractivity contribution in [3.8, 4) is 11.3 Å². The second-order valence-electron chi connectivity index (χ2n) is 6.28. The molecule has 3 heterocycles. The molecule has 136 valence electrons. The first kappa shape index (κ1) is 16.6. The summed E-state index contributed by atoms with van der Waals surface area (Å²) in [5.41, 5.74) is 5.48. The lowest BCUT2D eigenvalue weighted by Gasteiger charge is -2.10. The van der Waals surface area contributed by atoms with E-state index in [9.17, 15) is 4.39 Å². The van der Waals surface area contributed by atoms with E-state index in [1.54, 1.807) is 45.6 Å². The van der Waals surface area contributed by atoms with E-state index in [0.29, 0.717) is 22.7 Å². The molecule has 3 aromatic heterocycles. The summed E-state index contributed by atoms with van der Waals surface area (Å²) >= 11 is 1.55. The molecule has 0 aliphatic heterocycles. The molecular formula is C20H13FN6S. The van der Waals surface area contributed by atoms with Crippen LogP contribution >= 0.6 is 11.3 Å². The highest BCUT2D eigenvalue weighted by Crippen LogP contribution is 2.27. The van der Waals surface area contributed by atoms with Crippen LogP contribution < -0.4 is 0 Å². The minimum atomic E-state index is -0.406. The van der Waals surface area contributed by atoms with Crippen molar-refractivity contribution in [2.75, 3.05) is 0 Å². The largest absolute Gasteiger partial charge is 0.312 e. The standard InChI is InChI=1S/C20H13FN6S/c21-14-3-1-2-13(8-14)16-6-7-19-24-25-20(27(19)26-16)15(10-22)12-4-5-17-18(9-12)28-11-23-17/h1-11,15,22H. The van der Waals surface area contributed by atoms with Gasteiger partial charge in [0, 0.05) is 11.8 Å². The first-order valence-corrected chi connectivity index (χ1v) is 9.43. The van der Waals surface area contributed by atoms with Crippen LogP contribution in [0.25, 0.3) is 27.1 Å². The van der Waals surface area contributed by atoms with Crippen LogP contribution in [0.3, 0.4) is 0 Å². The molecule has 0 fully saturated rings. The third-order valence-electron chi connectivity index (χ3n) is 4.57. The zero-order valence-corrected chi connectivity index (χ0v) is 15.3. The van der Waals surface area contributed by atoms with Crippen molar-refractivity contribution in [2.24, 2.45) is 0 Å². The highest BCUT2D eigenvalue weighted by atomic mass is 32.1. The van der Waals surface area contributed by atoms with Gasteiger partial charge >= 0.3 is 0 Å². The summed E-state index contributed by atoms with van der Waals surface area (Å²) < 4.78 is 16.3. The molecule has 0 radical (unpaired) electrons. The summed E-state index contributed by atoms with van der Waals surface area (Å²) in [6, 6.07) is 15.7. The van der Waals surface area contributed by atoms with Gasteiger partial charge in [0.05, 0.1) is 27.3 Å². The predicted octanol–water partition coefficient (Wildman–Crippen LogP) is 4.32. The van der Waals surface area contributed by atoms with Gasteiger partial charge in [0.25, 0.3) is 0 Å². The Hall–Kier alpha value is -3.52. The van der Waals surface area contributed by atoms with E-state index >= 15 is 0 Å². The third-order valence-corrected chi connectivity index (χ3v) is 5.36. The molecule has 1 N–H and O–H groups in total. The van der Waals surface area contributed by atoms with Crippen LogP contribution in [-0.2, 0) is 0 Å². The van der Waals surface area contributed by atoms with Crippen molar-refractivity contribution < 1.29 is 4.39 Å². The quantitative estimate of drug-likeness (QED) is 0.465. The fraction of sp³-hybridized carbons (Fsp3) is 0.0500. The Morgan fingerprint density at radius 2 is 2.00 bits per heavy atom. The summed E-state index contributed by atoms with van der Waals surface area (Å²) in [6.07, 6.45) is 1.33. The van der Waals surface area contributed by atoms with Gasteiger partial charge in [-0.05, 0) is 42.0 Å². The number of fused-ring (bicyclic) bond motifs is 2. The van der Waals surface area contributed by atoms with E-state index in [1.165, 1.54) is 18.3 Å². The average molecular weight is 388 g/mol. The zero-order chi connectivity index (χ0) is 19.1. The van der Waals surface area contributed by atoms with E-state index in [1.807, 2.05) is 18.2 Å². The average Bonchev–Trinajstić information content (AvgIpc) is 3.35. The predicted molar refractivity (Wildman–Crippen MR) is 106 cm³/mol. The van der Waals surface area contributed by atoms with Crippen molar-refractivity contribution in [3.05, 3.63) is 77.3 Å². The van der Waals surface area contributed by atoms with Crippen molar-refractivity contribution >= 4 is 33.4 Å². The van der Waals surface area contributed by atoms with E-state index in [4.69, 9.17) is 5.41 Å². The summed E-state index contributed by atoms with van der Waals surface area (Å²) in [6.45, 7) is 0. The van der Waals surface area contributed by atoms with E-state index in [2.05, 4.69) is 20.3 Å². The maximum atomic E-state index is 13.6. The lowest BCUT2D eigenvalue weighted by molar-refractivity contribution is 0.628. The highest BCUT2D eigenvalue weighted by Gasteiger charge is 2.20. The van der Waals surface area contributed by atoms with Crippen LogP contribution in [0.15, 0.2) is 60.1 Å². The lowest BCUT2D eigenvalue weighted by atomic mass is 9.99. The van der Waals surface area contributed by atoms with Crippen LogP contribution in [0.2, 0.25) is 0 Å². The number of hydrogen-bond donors (Lipinski definition) is 1. The zero-order valence-electron chi connectivity index (χ0n) is 14.5. The van der Waals surface area contributed by atoms with Gasteiger partial charge in [-0.2, -0.15) is 9.61 Å². The fourth-order valence-electron chi connectivity index (χ4n) is 3.19. The van der Waals surface area contributed by atoms with Gasteiger partial charge in [0.15, 0.2) is 11.5 Å². The van der Waals surface area contributed by atoms with Crippen molar-refractivity contribution in [3.63, 3.8) is 0 Å². The summed E-state index contributed by atoms with van der Waals surface area (Å²) in [4.78, 5) is 4.30. The molecule has 2 aromatic carbocycles. The Morgan fingerprint density at radius 3 is 2.86 bits per heavy atom. The second kappa shape index (κ2) is 6.58. The molecule has 0 saturated carbocycles. The number of rotatable bonds is 4. The first-order valence-electron chi connectivity index (χ1n) is 8.55. The number of aromatic nitrogens is 5. The third kappa shape index (κ3) is 2.74. The van der Waals surface area contributed by atoms with E-state index in [0.717, 1.165) is 15.8 Å². The molecule has 0 amide bonds. The van der Waals surface area contributed by atoms with Crippen molar-refractivity contribution in [2.45, 2.75) is 5.92 Å². The molecule has 8 heteroatoms. The Balaban J connectivity index is 1.64. The SMILES string of the molecule is N=CC(c1ccc2ncsc2c1)c1nnc2ccc(-c3cccc(F)c3)nn12. The molecule has 1 unspecified atom stereocenters. The topological polar surface area (TPSA) is 79.8 Å². The van der Waals surface area contributed by atoms with E-state index in [-0.39, 0.29) is 5.82 Å². The maximum absolute atomic E-state index is 13.6. The minimum absolute atomic E-state index is 0.321. The van der Waals surface area contributed by atoms with Crippen LogP contribution in [0.5, 0.6) is 0 Å². The Kier molecular flexibility index (Phi) is 3.91. The summed E-state index contributed by atoms with van der Waals surface area (Å²) in [7, 11) is 0. The molecule has 1 atom stereocenters. The molecule has 28 heavy (non-hydrogen) atoms. The molecule has 5 aromatic rings. The van der Waals surface area contributed by atoms with Gasteiger partial charge < -0.3 is 5.41 Å². The molecule has 6 nitrogen and oxygen atoms in total. The van der Waals surface area contributed by atoms with Crippen molar-refractivity contribution in [1.82, 2.24) is 24.8 Å². The molecule has 0 bridgehead atoms. The fourth-order valence-corrected chi connectivity index (χ4v) is 3.91. The van der Waals surface area contributed by atoms with Crippen molar-refractivity contribution in [1.29, 1.82) is 5.41 Å². The van der Waals surface area contributed by atoms with Gasteiger partial charge in [-0.25, -0.2) is 9.37 Å². The van der Waals surface area contributed by atoms with Crippen LogP contribution in [0.4, 0.5) is 4.39 Å². The normalized spacial score (nSPS) is 12.5. The molecule has 0 aliphatic rings. The molecular weight excluding hydrogens is 375 g/mol. The number of nitrogens with zero attached hydrogens (tertiary/aromatic N) is 5. The van der Waals surface area contributed by atoms with Gasteiger partial charge in [-0.1, -0.05) is 18.2 Å². The van der Waals surface area contributed by atoms with Gasteiger partial charge in [-0.3, -0.25) is 0 Å². The van der Waals surface area contributed by atoms with Crippen LogP contribution in [0.1, 0.15) is 17.3 Å². The highest BCUT2D eigenvalue weighted by molar-refractivity contribution is 7.16. The van der Waals surface area contributed by atoms with Crippen LogP contribution in [0, 0.1) is 11.2 Å². The van der Waals surface area contributed by atoms with Crippen LogP contribution in [-0.4, -0.2) is 31.0 Å². The van der Waals surface area contributed by atoms with E-state index < -0.39 is 5.92 Å². The van der Waals surface area contributed by atoms with Gasteiger partial charge in [0.2, 0.25) is 0 Å². The number of thiazole rings is 1. The number of hydrogen-bond acceptors (Lipinski definition) is 6. The second-order valence-corrected chi connectivity index (χ2v) is 7.17. The number of nitrogens with one attached hydrogen (secondary N) is 1. The first-order chi connectivity index (χ1) is 13.7. The molecule has 0 spiro atoms. The molecule has 0 saturated heterocycles. The summed E-state index contributed by atoms with van der Waals surface area (Å²) in [5.74, 6) is -0.192. The van der Waals surface area contributed by atoms with Gasteiger partial charge in [-0.15, -0.1) is 21.5 Å². The monoisotopic (exact) mass is 388 g/mol. The smallest absolute Gasteiger partial charge is 0.177 e. The molecule has 0 aliphatic carbocycles. The summed E-state index contributed by atoms with van der Waals surface area (Å²) in [5, 5.41) is 21.0. The molecule has 5 rings (SSSR count). The Labute approximate surface area is 162 Å². The Morgan fingerprint density at radius 1 is 1.07 bits per heavy atom.